The van der Waals surface area contributed by atoms with E-state index in [9.17, 15) is 22.4 Å². The van der Waals surface area contributed by atoms with E-state index in [2.05, 4.69) is 0 Å². The van der Waals surface area contributed by atoms with Gasteiger partial charge < -0.3 is 14.5 Å². The van der Waals surface area contributed by atoms with E-state index in [1.165, 1.54) is 16.4 Å². The molecule has 0 atom stereocenters. The summed E-state index contributed by atoms with van der Waals surface area (Å²) >= 11 is 0. The Morgan fingerprint density at radius 2 is 1.76 bits per heavy atom. The van der Waals surface area contributed by atoms with Crippen LogP contribution in [0.3, 0.4) is 0 Å². The second-order valence-electron chi connectivity index (χ2n) is 8.03. The van der Waals surface area contributed by atoms with Crippen molar-refractivity contribution in [3.05, 3.63) is 54.3 Å². The van der Waals surface area contributed by atoms with Crippen LogP contribution in [0.2, 0.25) is 0 Å². The van der Waals surface area contributed by atoms with Gasteiger partial charge in [0.2, 0.25) is 15.9 Å². The molecule has 2 fully saturated rings. The zero-order chi connectivity index (χ0) is 23.4. The minimum Gasteiger partial charge on any atom is -0.484 e. The van der Waals surface area contributed by atoms with Crippen LogP contribution in [0.25, 0.3) is 0 Å². The average molecular weight is 476 g/mol. The molecule has 2 amide bonds. The summed E-state index contributed by atoms with van der Waals surface area (Å²) < 4.78 is 45.9. The molecule has 0 radical (unpaired) electrons. The van der Waals surface area contributed by atoms with Crippen molar-refractivity contribution in [1.29, 1.82) is 0 Å². The van der Waals surface area contributed by atoms with Crippen LogP contribution in [0.5, 0.6) is 5.75 Å². The highest BCUT2D eigenvalue weighted by Gasteiger charge is 2.28. The van der Waals surface area contributed by atoms with E-state index in [0.717, 1.165) is 24.2 Å². The Morgan fingerprint density at radius 3 is 2.48 bits per heavy atom. The van der Waals surface area contributed by atoms with Crippen molar-refractivity contribution in [1.82, 2.24) is 9.21 Å². The molecule has 0 aliphatic carbocycles. The number of amides is 2. The molecule has 0 saturated carbocycles. The number of benzene rings is 2. The normalized spacial score (nSPS) is 17.8. The Hall–Kier alpha value is -2.98. The third kappa shape index (κ3) is 5.33. The first-order valence-electron chi connectivity index (χ1n) is 10.9. The Bertz CT molecular complexity index is 1120. The summed E-state index contributed by atoms with van der Waals surface area (Å²) in [5.41, 5.74) is 0.749. The molecule has 0 spiro atoms. The van der Waals surface area contributed by atoms with Crippen molar-refractivity contribution in [2.45, 2.75) is 24.2 Å². The van der Waals surface area contributed by atoms with Gasteiger partial charge >= 0.3 is 0 Å². The van der Waals surface area contributed by atoms with Gasteiger partial charge in [0, 0.05) is 50.9 Å². The molecule has 2 heterocycles. The van der Waals surface area contributed by atoms with Crippen LogP contribution < -0.4 is 9.64 Å². The fraction of sp³-hybridized carbons (Fsp3) is 0.391. The van der Waals surface area contributed by atoms with Gasteiger partial charge in [-0.25, -0.2) is 12.8 Å². The molecule has 0 unspecified atom stereocenters. The molecule has 0 bridgehead atoms. The van der Waals surface area contributed by atoms with Crippen molar-refractivity contribution in [3.63, 3.8) is 0 Å². The number of rotatable bonds is 6. The Labute approximate surface area is 192 Å². The highest BCUT2D eigenvalue weighted by molar-refractivity contribution is 7.89. The quantitative estimate of drug-likeness (QED) is 0.640. The minimum absolute atomic E-state index is 0.0309. The predicted octanol–water partition coefficient (Wildman–Crippen LogP) is 2.25. The third-order valence-corrected chi connectivity index (χ3v) is 7.74. The summed E-state index contributed by atoms with van der Waals surface area (Å²) in [6.07, 6.45) is 1.84. The standard InChI is InChI=1S/C23H26FN3O5S/c24-18-7-9-21(10-8-18)33(30,31)26-12-3-11-25(14-15-26)23(29)17-32-20-5-1-4-19(16-20)27-13-2-6-22(27)28/h1,4-5,7-10,16H,2-3,6,11-15,17H2. The molecule has 10 heteroatoms. The predicted molar refractivity (Wildman–Crippen MR) is 120 cm³/mol. The Morgan fingerprint density at radius 1 is 0.970 bits per heavy atom. The summed E-state index contributed by atoms with van der Waals surface area (Å²) in [6, 6.07) is 11.8. The first-order valence-corrected chi connectivity index (χ1v) is 12.4. The number of carbonyl (C=O) groups is 2. The molecule has 2 aliphatic heterocycles. The maximum absolute atomic E-state index is 13.2. The SMILES string of the molecule is O=C(COc1cccc(N2CCCC2=O)c1)N1CCCN(S(=O)(=O)c2ccc(F)cc2)CC1. The highest BCUT2D eigenvalue weighted by atomic mass is 32.2. The van der Waals surface area contributed by atoms with Crippen molar-refractivity contribution in [2.75, 3.05) is 44.2 Å². The summed E-state index contributed by atoms with van der Waals surface area (Å²) in [5, 5.41) is 0. The van der Waals surface area contributed by atoms with Crippen LogP contribution in [0.4, 0.5) is 10.1 Å². The van der Waals surface area contributed by atoms with Crippen LogP contribution >= 0.6 is 0 Å². The largest absolute Gasteiger partial charge is 0.484 e. The number of ether oxygens (including phenoxy) is 1. The van der Waals surface area contributed by atoms with Gasteiger partial charge in [0.05, 0.1) is 4.90 Å². The molecule has 8 nitrogen and oxygen atoms in total. The fourth-order valence-electron chi connectivity index (χ4n) is 4.04. The zero-order valence-electron chi connectivity index (χ0n) is 18.2. The van der Waals surface area contributed by atoms with E-state index in [4.69, 9.17) is 4.74 Å². The third-order valence-electron chi connectivity index (χ3n) is 5.82. The van der Waals surface area contributed by atoms with E-state index >= 15 is 0 Å². The molecule has 2 aliphatic rings. The van der Waals surface area contributed by atoms with Gasteiger partial charge in [-0.15, -0.1) is 0 Å². The molecular weight excluding hydrogens is 449 g/mol. The topological polar surface area (TPSA) is 87.2 Å². The molecule has 4 rings (SSSR count). The lowest BCUT2D eigenvalue weighted by atomic mass is 10.3. The van der Waals surface area contributed by atoms with Gasteiger partial charge in [-0.05, 0) is 49.2 Å². The molecule has 2 saturated heterocycles. The van der Waals surface area contributed by atoms with Crippen LogP contribution in [-0.4, -0.2) is 68.8 Å². The van der Waals surface area contributed by atoms with Crippen LogP contribution in [0.15, 0.2) is 53.4 Å². The van der Waals surface area contributed by atoms with Gasteiger partial charge in [0.15, 0.2) is 6.61 Å². The lowest BCUT2D eigenvalue weighted by Gasteiger charge is -2.22. The van der Waals surface area contributed by atoms with Gasteiger partial charge in [-0.2, -0.15) is 4.31 Å². The maximum atomic E-state index is 13.2. The van der Waals surface area contributed by atoms with Crippen LogP contribution in [-0.2, 0) is 19.6 Å². The number of halogens is 1. The number of sulfonamides is 1. The van der Waals surface area contributed by atoms with Gasteiger partial charge in [-0.3, -0.25) is 9.59 Å². The fourth-order valence-corrected chi connectivity index (χ4v) is 5.51. The average Bonchev–Trinajstić information content (AvgIpc) is 3.08. The Kier molecular flexibility index (Phi) is 6.94. The first-order chi connectivity index (χ1) is 15.8. The number of nitrogens with zero attached hydrogens (tertiary/aromatic N) is 3. The summed E-state index contributed by atoms with van der Waals surface area (Å²) in [6.45, 7) is 1.58. The number of carbonyl (C=O) groups excluding carboxylic acids is 2. The zero-order valence-corrected chi connectivity index (χ0v) is 19.0. The summed E-state index contributed by atoms with van der Waals surface area (Å²) in [4.78, 5) is 28.0. The molecule has 176 valence electrons. The smallest absolute Gasteiger partial charge is 0.260 e. The van der Waals surface area contributed by atoms with Crippen molar-refractivity contribution in [3.8, 4) is 5.75 Å². The van der Waals surface area contributed by atoms with Crippen molar-refractivity contribution >= 4 is 27.5 Å². The van der Waals surface area contributed by atoms with Gasteiger partial charge in [0.1, 0.15) is 11.6 Å². The van der Waals surface area contributed by atoms with E-state index < -0.39 is 15.8 Å². The molecule has 0 aromatic heterocycles. The molecule has 2 aromatic carbocycles. The van der Waals surface area contributed by atoms with E-state index in [-0.39, 0.29) is 43.0 Å². The van der Waals surface area contributed by atoms with Crippen LogP contribution in [0, 0.1) is 5.82 Å². The van der Waals surface area contributed by atoms with E-state index in [0.29, 0.717) is 31.7 Å². The minimum atomic E-state index is -3.76. The Balaban J connectivity index is 1.34. The van der Waals surface area contributed by atoms with E-state index in [1.807, 2.05) is 6.07 Å². The number of hydrogen-bond donors (Lipinski definition) is 0. The summed E-state index contributed by atoms with van der Waals surface area (Å²) in [7, 11) is -3.76. The highest BCUT2D eigenvalue weighted by Crippen LogP contribution is 2.25. The maximum Gasteiger partial charge on any atom is 0.260 e. The lowest BCUT2D eigenvalue weighted by molar-refractivity contribution is -0.133. The number of anilines is 1. The first kappa shape index (κ1) is 23.2. The van der Waals surface area contributed by atoms with Crippen LogP contribution in [0.1, 0.15) is 19.3 Å². The molecule has 33 heavy (non-hydrogen) atoms. The van der Waals surface area contributed by atoms with E-state index in [1.54, 1.807) is 28.0 Å². The molecule has 2 aromatic rings. The summed E-state index contributed by atoms with van der Waals surface area (Å²) in [5.74, 6) is -0.165. The van der Waals surface area contributed by atoms with Gasteiger partial charge in [0.25, 0.3) is 5.91 Å². The number of hydrogen-bond acceptors (Lipinski definition) is 5. The second kappa shape index (κ2) is 9.88. The molecular formula is C23H26FN3O5S. The van der Waals surface area contributed by atoms with Crippen molar-refractivity contribution < 1.29 is 27.1 Å². The second-order valence-corrected chi connectivity index (χ2v) is 9.97. The monoisotopic (exact) mass is 475 g/mol. The van der Waals surface area contributed by atoms with Gasteiger partial charge in [-0.1, -0.05) is 6.07 Å². The lowest BCUT2D eigenvalue weighted by Crippen LogP contribution is -2.39. The molecule has 0 N–H and O–H groups in total. The van der Waals surface area contributed by atoms with Crippen molar-refractivity contribution in [2.24, 2.45) is 0 Å².